The number of pyridine rings is 1. The average molecular weight is 449 g/mol. The Labute approximate surface area is 177 Å². The molecule has 0 saturated heterocycles. The first-order valence-corrected chi connectivity index (χ1v) is 10.3. The first-order chi connectivity index (χ1) is 13.8. The molecule has 0 aliphatic rings. The van der Waals surface area contributed by atoms with Crippen LogP contribution in [0.2, 0.25) is 10.0 Å². The molecule has 0 unspecified atom stereocenters. The van der Waals surface area contributed by atoms with Gasteiger partial charge in [0.05, 0.1) is 12.1 Å². The second-order valence-corrected chi connectivity index (χ2v) is 8.30. The van der Waals surface area contributed by atoms with E-state index in [2.05, 4.69) is 9.71 Å². The molecule has 7 nitrogen and oxygen atoms in total. The number of benzene rings is 2. The number of methoxy groups -OCH3 is 1. The SMILES string of the molecule is COc1ccccc1-c1cc(NS(=O)(=O)c2cc(Cl)ccc2Cl)nc(N)c1C#N. The van der Waals surface area contributed by atoms with Gasteiger partial charge in [0.25, 0.3) is 10.0 Å². The standard InChI is InChI=1S/C19H14Cl2N4O3S/c1-28-16-5-3-2-4-12(16)13-9-18(24-19(23)14(13)10-22)25-29(26,27)17-8-11(20)6-7-15(17)21/h2-9H,1H3,(H3,23,24,25). The topological polar surface area (TPSA) is 118 Å². The summed E-state index contributed by atoms with van der Waals surface area (Å²) in [7, 11) is -2.63. The lowest BCUT2D eigenvalue weighted by Crippen LogP contribution is -2.15. The van der Waals surface area contributed by atoms with Gasteiger partial charge in [0.2, 0.25) is 0 Å². The van der Waals surface area contributed by atoms with Crippen molar-refractivity contribution in [2.75, 3.05) is 17.6 Å². The molecule has 0 bridgehead atoms. The zero-order valence-corrected chi connectivity index (χ0v) is 17.3. The third-order valence-electron chi connectivity index (χ3n) is 3.98. The minimum atomic E-state index is -4.12. The van der Waals surface area contributed by atoms with Crippen molar-refractivity contribution in [3.05, 3.63) is 64.1 Å². The van der Waals surface area contributed by atoms with Crippen LogP contribution in [0.15, 0.2) is 53.4 Å². The van der Waals surface area contributed by atoms with Crippen molar-refractivity contribution in [1.29, 1.82) is 5.26 Å². The Balaban J connectivity index is 2.14. The molecule has 0 atom stereocenters. The van der Waals surface area contributed by atoms with E-state index < -0.39 is 10.0 Å². The minimum absolute atomic E-state index is 0.00605. The molecular weight excluding hydrogens is 435 g/mol. The van der Waals surface area contributed by atoms with Gasteiger partial charge in [-0.2, -0.15) is 5.26 Å². The number of sulfonamides is 1. The van der Waals surface area contributed by atoms with E-state index in [0.29, 0.717) is 16.9 Å². The molecular formula is C19H14Cl2N4O3S. The molecule has 1 heterocycles. The first kappa shape index (κ1) is 20.7. The number of hydrogen-bond acceptors (Lipinski definition) is 6. The number of halogens is 2. The molecule has 10 heteroatoms. The van der Waals surface area contributed by atoms with Crippen LogP contribution in [-0.4, -0.2) is 20.5 Å². The lowest BCUT2D eigenvalue weighted by atomic mass is 10.0. The minimum Gasteiger partial charge on any atom is -0.496 e. The number of nitrogens with one attached hydrogen (secondary N) is 1. The van der Waals surface area contributed by atoms with Crippen molar-refractivity contribution in [1.82, 2.24) is 4.98 Å². The molecule has 3 rings (SSSR count). The number of para-hydroxylation sites is 1. The normalized spacial score (nSPS) is 11.0. The highest BCUT2D eigenvalue weighted by molar-refractivity contribution is 7.92. The highest BCUT2D eigenvalue weighted by atomic mass is 35.5. The van der Waals surface area contributed by atoms with E-state index in [4.69, 9.17) is 33.7 Å². The van der Waals surface area contributed by atoms with Crippen molar-refractivity contribution in [2.45, 2.75) is 4.90 Å². The molecule has 0 fully saturated rings. The van der Waals surface area contributed by atoms with Crippen molar-refractivity contribution < 1.29 is 13.2 Å². The molecule has 148 valence electrons. The number of nitrogens with zero attached hydrogens (tertiary/aromatic N) is 2. The van der Waals surface area contributed by atoms with Crippen LogP contribution in [-0.2, 0) is 10.0 Å². The number of hydrogen-bond donors (Lipinski definition) is 2. The second kappa shape index (κ2) is 8.17. The summed E-state index contributed by atoms with van der Waals surface area (Å²) in [6.45, 7) is 0. The van der Waals surface area contributed by atoms with Gasteiger partial charge in [-0.15, -0.1) is 0 Å². The van der Waals surface area contributed by atoms with Crippen LogP contribution in [0.5, 0.6) is 5.75 Å². The van der Waals surface area contributed by atoms with E-state index in [1.807, 2.05) is 6.07 Å². The van der Waals surface area contributed by atoms with Crippen LogP contribution < -0.4 is 15.2 Å². The van der Waals surface area contributed by atoms with Gasteiger partial charge >= 0.3 is 0 Å². The number of nitriles is 1. The maximum atomic E-state index is 12.8. The summed E-state index contributed by atoms with van der Waals surface area (Å²) in [6.07, 6.45) is 0. The van der Waals surface area contributed by atoms with Gasteiger partial charge in [0.1, 0.15) is 33.9 Å². The third-order valence-corrected chi connectivity index (χ3v) is 6.05. The van der Waals surface area contributed by atoms with Crippen molar-refractivity contribution >= 4 is 44.9 Å². The van der Waals surface area contributed by atoms with Crippen LogP contribution in [0.25, 0.3) is 11.1 Å². The fourth-order valence-corrected chi connectivity index (χ4v) is 4.45. The van der Waals surface area contributed by atoms with Gasteiger partial charge in [0, 0.05) is 16.1 Å². The monoisotopic (exact) mass is 448 g/mol. The molecule has 0 radical (unpaired) electrons. The van der Waals surface area contributed by atoms with Gasteiger partial charge in [-0.1, -0.05) is 41.4 Å². The fraction of sp³-hybridized carbons (Fsp3) is 0.0526. The van der Waals surface area contributed by atoms with E-state index in [9.17, 15) is 13.7 Å². The van der Waals surface area contributed by atoms with Crippen molar-refractivity contribution in [2.24, 2.45) is 0 Å². The Morgan fingerprint density at radius 1 is 1.14 bits per heavy atom. The largest absolute Gasteiger partial charge is 0.496 e. The molecule has 1 aromatic heterocycles. The average Bonchev–Trinajstić information content (AvgIpc) is 2.69. The number of ether oxygens (including phenoxy) is 1. The molecule has 0 amide bonds. The summed E-state index contributed by atoms with van der Waals surface area (Å²) < 4.78 is 33.2. The Bertz CT molecular complexity index is 1240. The highest BCUT2D eigenvalue weighted by Crippen LogP contribution is 2.36. The third kappa shape index (κ3) is 4.22. The van der Waals surface area contributed by atoms with Crippen LogP contribution in [0, 0.1) is 11.3 Å². The zero-order chi connectivity index (χ0) is 21.2. The molecule has 3 N–H and O–H groups in total. The van der Waals surface area contributed by atoms with Gasteiger partial charge in [-0.3, -0.25) is 4.72 Å². The van der Waals surface area contributed by atoms with Crippen molar-refractivity contribution in [3.63, 3.8) is 0 Å². The summed E-state index contributed by atoms with van der Waals surface area (Å²) in [4.78, 5) is 3.78. The Kier molecular flexibility index (Phi) is 5.84. The number of anilines is 2. The highest BCUT2D eigenvalue weighted by Gasteiger charge is 2.22. The summed E-state index contributed by atoms with van der Waals surface area (Å²) in [5.74, 6) is 0.269. The van der Waals surface area contributed by atoms with Gasteiger partial charge in [-0.25, -0.2) is 13.4 Å². The molecule has 0 aliphatic carbocycles. The van der Waals surface area contributed by atoms with Gasteiger partial charge in [-0.05, 0) is 30.3 Å². The summed E-state index contributed by atoms with van der Waals surface area (Å²) in [5, 5.41) is 9.71. The first-order valence-electron chi connectivity index (χ1n) is 8.08. The van der Waals surface area contributed by atoms with Crippen LogP contribution in [0.3, 0.4) is 0 Å². The quantitative estimate of drug-likeness (QED) is 0.599. The number of nitrogens with two attached hydrogens (primary N) is 1. The molecule has 3 aromatic rings. The van der Waals surface area contributed by atoms with E-state index in [1.54, 1.807) is 24.3 Å². The number of rotatable bonds is 5. The van der Waals surface area contributed by atoms with E-state index in [1.165, 1.54) is 31.4 Å². The predicted molar refractivity (Wildman–Crippen MR) is 113 cm³/mol. The summed E-state index contributed by atoms with van der Waals surface area (Å²) in [5.41, 5.74) is 6.94. The van der Waals surface area contributed by atoms with Gasteiger partial charge in [0.15, 0.2) is 0 Å². The Morgan fingerprint density at radius 3 is 2.55 bits per heavy atom. The predicted octanol–water partition coefficient (Wildman–Crippen LogP) is 4.32. The molecule has 0 aliphatic heterocycles. The maximum Gasteiger partial charge on any atom is 0.264 e. The fourth-order valence-electron chi connectivity index (χ4n) is 2.69. The molecule has 2 aromatic carbocycles. The number of aromatic nitrogens is 1. The summed E-state index contributed by atoms with van der Waals surface area (Å²) in [6, 6.07) is 14.4. The lowest BCUT2D eigenvalue weighted by molar-refractivity contribution is 0.416. The number of nitrogen functional groups attached to an aromatic ring is 1. The van der Waals surface area contributed by atoms with Crippen molar-refractivity contribution in [3.8, 4) is 22.9 Å². The maximum absolute atomic E-state index is 12.8. The second-order valence-electron chi connectivity index (χ2n) is 5.81. The van der Waals surface area contributed by atoms with Crippen LogP contribution in [0.4, 0.5) is 11.6 Å². The van der Waals surface area contributed by atoms with Gasteiger partial charge < -0.3 is 10.5 Å². The van der Waals surface area contributed by atoms with E-state index in [-0.39, 0.29) is 32.1 Å². The summed E-state index contributed by atoms with van der Waals surface area (Å²) >= 11 is 11.9. The van der Waals surface area contributed by atoms with E-state index >= 15 is 0 Å². The van der Waals surface area contributed by atoms with Crippen LogP contribution >= 0.6 is 23.2 Å². The Morgan fingerprint density at radius 2 is 1.86 bits per heavy atom. The molecule has 29 heavy (non-hydrogen) atoms. The van der Waals surface area contributed by atoms with E-state index in [0.717, 1.165) is 0 Å². The van der Waals surface area contributed by atoms with Crippen LogP contribution in [0.1, 0.15) is 5.56 Å². The lowest BCUT2D eigenvalue weighted by Gasteiger charge is -2.14. The molecule has 0 saturated carbocycles. The smallest absolute Gasteiger partial charge is 0.264 e. The zero-order valence-electron chi connectivity index (χ0n) is 15.0. The molecule has 0 spiro atoms. The Hall–Kier alpha value is -2.99.